The van der Waals surface area contributed by atoms with E-state index in [1.807, 2.05) is 24.3 Å². The van der Waals surface area contributed by atoms with Gasteiger partial charge in [0.15, 0.2) is 17.6 Å². The monoisotopic (exact) mass is 639 g/mol. The van der Waals surface area contributed by atoms with Crippen molar-refractivity contribution in [3.8, 4) is 11.4 Å². The number of benzene rings is 2. The smallest absolute Gasteiger partial charge is 0.341 e. The molecule has 2 aromatic heterocycles. The molecule has 0 saturated heterocycles. The van der Waals surface area contributed by atoms with Gasteiger partial charge in [-0.2, -0.15) is 0 Å². The van der Waals surface area contributed by atoms with Crippen LogP contribution in [0.4, 0.5) is 5.00 Å². The zero-order valence-electron chi connectivity index (χ0n) is 23.4. The molecule has 0 fully saturated rings. The predicted molar refractivity (Wildman–Crippen MR) is 166 cm³/mol. The summed E-state index contributed by atoms with van der Waals surface area (Å²) >= 11 is 8.89. The SMILES string of the molecule is CCOC(=O)c1c(NC(=O)CSc2nnc(CNC(=O)COc3ccccc3)n2-c2cccc(Cl)c2)sc2c1CCCC2. The molecule has 0 radical (unpaired) electrons. The number of nitrogens with one attached hydrogen (secondary N) is 2. The Bertz CT molecular complexity index is 1610. The minimum atomic E-state index is -0.411. The maximum Gasteiger partial charge on any atom is 0.341 e. The molecule has 10 nitrogen and oxygen atoms in total. The quantitative estimate of drug-likeness (QED) is 0.155. The number of para-hydroxylation sites is 1. The Morgan fingerprint density at radius 2 is 1.86 bits per heavy atom. The average molecular weight is 640 g/mol. The van der Waals surface area contributed by atoms with Crippen molar-refractivity contribution < 1.29 is 23.9 Å². The Morgan fingerprint density at radius 3 is 2.65 bits per heavy atom. The lowest BCUT2D eigenvalue weighted by atomic mass is 9.95. The number of fused-ring (bicyclic) bond motifs is 1. The summed E-state index contributed by atoms with van der Waals surface area (Å²) in [6, 6.07) is 16.2. The van der Waals surface area contributed by atoms with Crippen LogP contribution < -0.4 is 15.4 Å². The molecule has 1 aliphatic rings. The van der Waals surface area contributed by atoms with Crippen LogP contribution >= 0.6 is 34.7 Å². The first kappa shape index (κ1) is 30.6. The van der Waals surface area contributed by atoms with Gasteiger partial charge in [0.2, 0.25) is 5.91 Å². The van der Waals surface area contributed by atoms with Crippen LogP contribution in [0.3, 0.4) is 0 Å². The third-order valence-electron chi connectivity index (χ3n) is 6.56. The standard InChI is InChI=1S/C30H30ClN5O5S2/c1-2-40-29(39)27-22-13-6-7-14-23(22)43-28(27)33-26(38)18-42-30-35-34-24(36(30)20-10-8-9-19(31)15-20)16-32-25(37)17-41-21-11-4-3-5-12-21/h3-5,8-12,15H,2,6-7,13-14,16-18H2,1H3,(H,32,37)(H,33,38). The van der Waals surface area contributed by atoms with Crippen LogP contribution in [0.5, 0.6) is 5.75 Å². The Morgan fingerprint density at radius 1 is 1.05 bits per heavy atom. The van der Waals surface area contributed by atoms with Crippen molar-refractivity contribution in [2.45, 2.75) is 44.3 Å². The molecular weight excluding hydrogens is 610 g/mol. The Labute approximate surface area is 262 Å². The second kappa shape index (κ2) is 14.5. The van der Waals surface area contributed by atoms with Gasteiger partial charge in [-0.1, -0.05) is 47.6 Å². The lowest BCUT2D eigenvalue weighted by Crippen LogP contribution is -2.29. The first-order chi connectivity index (χ1) is 20.9. The number of aromatic nitrogens is 3. The molecule has 0 atom stereocenters. The fourth-order valence-corrected chi connectivity index (χ4v) is 6.89. The van der Waals surface area contributed by atoms with Crippen molar-refractivity contribution in [2.24, 2.45) is 0 Å². The van der Waals surface area contributed by atoms with Crippen molar-refractivity contribution >= 4 is 57.5 Å². The van der Waals surface area contributed by atoms with Gasteiger partial charge in [-0.3, -0.25) is 14.2 Å². The molecule has 0 spiro atoms. The minimum Gasteiger partial charge on any atom is -0.484 e. The van der Waals surface area contributed by atoms with E-state index in [2.05, 4.69) is 20.8 Å². The van der Waals surface area contributed by atoms with Crippen molar-refractivity contribution in [3.05, 3.63) is 81.4 Å². The van der Waals surface area contributed by atoms with Crippen LogP contribution in [-0.4, -0.2) is 51.5 Å². The number of hydrogen-bond acceptors (Lipinski definition) is 9. The number of thioether (sulfide) groups is 1. The van der Waals surface area contributed by atoms with E-state index < -0.39 is 5.97 Å². The number of rotatable bonds is 12. The number of carbonyl (C=O) groups is 3. The molecule has 0 bridgehead atoms. The maximum atomic E-state index is 13.1. The third kappa shape index (κ3) is 7.75. The molecule has 1 aliphatic carbocycles. The van der Waals surface area contributed by atoms with Gasteiger partial charge in [0.1, 0.15) is 10.8 Å². The van der Waals surface area contributed by atoms with Gasteiger partial charge in [-0.05, 0) is 68.5 Å². The summed E-state index contributed by atoms with van der Waals surface area (Å²) in [4.78, 5) is 39.5. The van der Waals surface area contributed by atoms with E-state index in [1.165, 1.54) is 23.1 Å². The fourth-order valence-electron chi connectivity index (χ4n) is 4.64. The molecule has 2 heterocycles. The Kier molecular flexibility index (Phi) is 10.3. The highest BCUT2D eigenvalue weighted by Crippen LogP contribution is 2.39. The third-order valence-corrected chi connectivity index (χ3v) is 8.93. The van der Waals surface area contributed by atoms with Gasteiger partial charge >= 0.3 is 5.97 Å². The van der Waals surface area contributed by atoms with Crippen molar-refractivity contribution in [1.29, 1.82) is 0 Å². The van der Waals surface area contributed by atoms with Crippen LogP contribution in [0.15, 0.2) is 59.8 Å². The molecule has 2 amide bonds. The first-order valence-corrected chi connectivity index (χ1v) is 16.0. The highest BCUT2D eigenvalue weighted by Gasteiger charge is 2.27. The summed E-state index contributed by atoms with van der Waals surface area (Å²) < 4.78 is 12.6. The predicted octanol–water partition coefficient (Wildman–Crippen LogP) is 5.46. The highest BCUT2D eigenvalue weighted by atomic mass is 35.5. The first-order valence-electron chi connectivity index (χ1n) is 13.8. The number of esters is 1. The Hall–Kier alpha value is -3.87. The van der Waals surface area contributed by atoms with Gasteiger partial charge in [0.25, 0.3) is 5.91 Å². The summed E-state index contributed by atoms with van der Waals surface area (Å²) in [6.07, 6.45) is 3.74. The lowest BCUT2D eigenvalue weighted by Gasteiger charge is -2.12. The van der Waals surface area contributed by atoms with E-state index >= 15 is 0 Å². The van der Waals surface area contributed by atoms with E-state index in [4.69, 9.17) is 21.1 Å². The number of halogens is 1. The number of ether oxygens (including phenoxy) is 2. The molecule has 0 saturated carbocycles. The van der Waals surface area contributed by atoms with Gasteiger partial charge in [-0.15, -0.1) is 21.5 Å². The number of anilines is 1. The second-order valence-corrected chi connectivity index (χ2v) is 12.0. The molecule has 0 aliphatic heterocycles. The zero-order valence-corrected chi connectivity index (χ0v) is 25.8. The number of thiophene rings is 1. The molecule has 0 unspecified atom stereocenters. The molecular formula is C30H30ClN5O5S2. The molecule has 5 rings (SSSR count). The van der Waals surface area contributed by atoms with Crippen LogP contribution in [0.25, 0.3) is 5.69 Å². The van der Waals surface area contributed by atoms with Gasteiger partial charge in [0, 0.05) is 9.90 Å². The minimum absolute atomic E-state index is 0.0147. The molecule has 2 N–H and O–H groups in total. The topological polar surface area (TPSA) is 124 Å². The van der Waals surface area contributed by atoms with Gasteiger partial charge in [0.05, 0.1) is 30.2 Å². The largest absolute Gasteiger partial charge is 0.484 e. The van der Waals surface area contributed by atoms with E-state index in [0.29, 0.717) is 38.0 Å². The van der Waals surface area contributed by atoms with E-state index in [1.54, 1.807) is 41.8 Å². The Balaban J connectivity index is 1.28. The van der Waals surface area contributed by atoms with E-state index in [-0.39, 0.29) is 37.3 Å². The number of hydrogen-bond donors (Lipinski definition) is 2. The molecule has 13 heteroatoms. The molecule has 4 aromatic rings. The van der Waals surface area contributed by atoms with Gasteiger partial charge in [-0.25, -0.2) is 4.79 Å². The summed E-state index contributed by atoms with van der Waals surface area (Å²) in [5.41, 5.74) is 2.14. The van der Waals surface area contributed by atoms with Crippen molar-refractivity contribution in [3.63, 3.8) is 0 Å². The summed E-state index contributed by atoms with van der Waals surface area (Å²) in [7, 11) is 0. The highest BCUT2D eigenvalue weighted by molar-refractivity contribution is 7.99. The second-order valence-electron chi connectivity index (χ2n) is 9.56. The van der Waals surface area contributed by atoms with Crippen molar-refractivity contribution in [1.82, 2.24) is 20.1 Å². The summed E-state index contributed by atoms with van der Waals surface area (Å²) in [5.74, 6) is 0.0340. The van der Waals surface area contributed by atoms with E-state index in [9.17, 15) is 14.4 Å². The van der Waals surface area contributed by atoms with Gasteiger partial charge < -0.3 is 20.1 Å². The van der Waals surface area contributed by atoms with E-state index in [0.717, 1.165) is 36.1 Å². The number of amides is 2. The molecule has 43 heavy (non-hydrogen) atoms. The van der Waals surface area contributed by atoms with Crippen LogP contribution in [0.1, 0.15) is 46.4 Å². The number of nitrogens with zero attached hydrogens (tertiary/aromatic N) is 3. The number of carbonyl (C=O) groups excluding carboxylic acids is 3. The lowest BCUT2D eigenvalue weighted by molar-refractivity contribution is -0.123. The zero-order chi connectivity index (χ0) is 30.2. The summed E-state index contributed by atoms with van der Waals surface area (Å²) in [6.45, 7) is 1.94. The van der Waals surface area contributed by atoms with Crippen molar-refractivity contribution in [2.75, 3.05) is 24.3 Å². The molecule has 224 valence electrons. The normalized spacial score (nSPS) is 12.3. The van der Waals surface area contributed by atoms with Crippen LogP contribution in [0, 0.1) is 0 Å². The van der Waals surface area contributed by atoms with Crippen LogP contribution in [-0.2, 0) is 33.7 Å². The molecule has 2 aromatic carbocycles. The fraction of sp³-hybridized carbons (Fsp3) is 0.300. The maximum absolute atomic E-state index is 13.1. The van der Waals surface area contributed by atoms with Crippen LogP contribution in [0.2, 0.25) is 5.02 Å². The average Bonchev–Trinajstić information content (AvgIpc) is 3.59. The summed E-state index contributed by atoms with van der Waals surface area (Å²) in [5, 5.41) is 15.8. The number of aryl methyl sites for hydroxylation is 1.